The summed E-state index contributed by atoms with van der Waals surface area (Å²) in [7, 11) is 1.63. The number of nitrogens with one attached hydrogen (secondary N) is 1. The maximum Gasteiger partial charge on any atom is 0.225 e. The van der Waals surface area contributed by atoms with E-state index in [4.69, 9.17) is 10.5 Å². The molecule has 0 fully saturated rings. The number of amides is 1. The average Bonchev–Trinajstić information content (AvgIpc) is 2.60. The number of nitrogens with two attached hydrogens (primary N) is 1. The van der Waals surface area contributed by atoms with Crippen molar-refractivity contribution in [2.75, 3.05) is 7.11 Å². The van der Waals surface area contributed by atoms with Crippen LogP contribution in [0.25, 0.3) is 0 Å². The Hall–Kier alpha value is -2.04. The number of halogens is 1. The van der Waals surface area contributed by atoms with E-state index in [-0.39, 0.29) is 36.3 Å². The van der Waals surface area contributed by atoms with Gasteiger partial charge in [-0.2, -0.15) is 0 Å². The molecule has 2 aromatic rings. The van der Waals surface area contributed by atoms with Crippen LogP contribution in [0.5, 0.6) is 5.75 Å². The summed E-state index contributed by atoms with van der Waals surface area (Å²) >= 11 is 0. The van der Waals surface area contributed by atoms with E-state index in [1.54, 1.807) is 7.11 Å². The lowest BCUT2D eigenvalue weighted by molar-refractivity contribution is -0.125. The van der Waals surface area contributed by atoms with Crippen LogP contribution in [0.15, 0.2) is 54.6 Å². The summed E-state index contributed by atoms with van der Waals surface area (Å²) in [5.74, 6) is 0.370. The number of hydrogen-bond donors (Lipinski definition) is 2. The largest absolute Gasteiger partial charge is 0.496 e. The molecule has 3 atom stereocenters. The maximum atomic E-state index is 12.5. The van der Waals surface area contributed by atoms with Crippen molar-refractivity contribution in [1.82, 2.24) is 5.32 Å². The van der Waals surface area contributed by atoms with Gasteiger partial charge < -0.3 is 15.8 Å². The number of hydrogen-bond acceptors (Lipinski definition) is 3. The van der Waals surface area contributed by atoms with Crippen LogP contribution in [0.1, 0.15) is 37.1 Å². The molecule has 0 radical (unpaired) electrons. The van der Waals surface area contributed by atoms with Crippen LogP contribution in [0.4, 0.5) is 0 Å². The van der Waals surface area contributed by atoms with Crippen LogP contribution in [0.2, 0.25) is 0 Å². The van der Waals surface area contributed by atoms with Gasteiger partial charge in [-0.25, -0.2) is 0 Å². The molecule has 0 saturated heterocycles. The Balaban J connectivity index is 0.00000288. The molecular formula is C19H25ClN2O2. The van der Waals surface area contributed by atoms with Gasteiger partial charge in [-0.3, -0.25) is 4.79 Å². The van der Waals surface area contributed by atoms with E-state index < -0.39 is 0 Å². The second kappa shape index (κ2) is 9.30. The molecule has 3 unspecified atom stereocenters. The fourth-order valence-corrected chi connectivity index (χ4v) is 2.57. The first-order valence-corrected chi connectivity index (χ1v) is 7.78. The molecule has 2 aromatic carbocycles. The zero-order chi connectivity index (χ0) is 16.8. The summed E-state index contributed by atoms with van der Waals surface area (Å²) in [6, 6.07) is 16.9. The van der Waals surface area contributed by atoms with Gasteiger partial charge in [0.25, 0.3) is 0 Å². The lowest BCUT2D eigenvalue weighted by atomic mass is 9.94. The third-order valence-corrected chi connectivity index (χ3v) is 4.10. The first kappa shape index (κ1) is 20.0. The molecule has 3 N–H and O–H groups in total. The molecule has 1 amide bonds. The van der Waals surface area contributed by atoms with E-state index in [9.17, 15) is 4.79 Å². The lowest BCUT2D eigenvalue weighted by Gasteiger charge is -2.23. The Morgan fingerprint density at radius 1 is 1.04 bits per heavy atom. The fraction of sp³-hybridized carbons (Fsp3) is 0.316. The smallest absolute Gasteiger partial charge is 0.225 e. The Labute approximate surface area is 149 Å². The topological polar surface area (TPSA) is 64.3 Å². The van der Waals surface area contributed by atoms with E-state index >= 15 is 0 Å². The highest BCUT2D eigenvalue weighted by molar-refractivity contribution is 5.85. The lowest BCUT2D eigenvalue weighted by Crippen LogP contribution is -2.37. The van der Waals surface area contributed by atoms with Crippen molar-refractivity contribution in [3.8, 4) is 5.75 Å². The van der Waals surface area contributed by atoms with E-state index in [0.29, 0.717) is 0 Å². The van der Waals surface area contributed by atoms with Gasteiger partial charge in [0.2, 0.25) is 5.91 Å². The van der Waals surface area contributed by atoms with Crippen molar-refractivity contribution in [2.45, 2.75) is 25.9 Å². The highest BCUT2D eigenvalue weighted by Gasteiger charge is 2.24. The summed E-state index contributed by atoms with van der Waals surface area (Å²) in [4.78, 5) is 12.5. The minimum absolute atomic E-state index is 0. The standard InChI is InChI=1S/C19H24N2O2.ClH/c1-13(18(20)15-9-5-4-6-10-15)19(22)21-14(2)16-11-7-8-12-17(16)23-3;/h4-14,18H,20H2,1-3H3,(H,21,22);1H. The van der Waals surface area contributed by atoms with Gasteiger partial charge in [0.1, 0.15) is 5.75 Å². The number of rotatable bonds is 6. The predicted octanol–water partition coefficient (Wildman–Crippen LogP) is 3.63. The predicted molar refractivity (Wildman–Crippen MR) is 99.3 cm³/mol. The van der Waals surface area contributed by atoms with Crippen molar-refractivity contribution >= 4 is 18.3 Å². The maximum absolute atomic E-state index is 12.5. The second-order valence-corrected chi connectivity index (χ2v) is 5.70. The fourth-order valence-electron chi connectivity index (χ4n) is 2.57. The number of carbonyl (C=O) groups excluding carboxylic acids is 1. The van der Waals surface area contributed by atoms with Crippen molar-refractivity contribution in [3.63, 3.8) is 0 Å². The summed E-state index contributed by atoms with van der Waals surface area (Å²) in [6.45, 7) is 3.79. The van der Waals surface area contributed by atoms with Gasteiger partial charge in [-0.1, -0.05) is 55.5 Å². The van der Waals surface area contributed by atoms with Crippen molar-refractivity contribution in [2.24, 2.45) is 11.7 Å². The zero-order valence-electron chi connectivity index (χ0n) is 14.2. The third kappa shape index (κ3) is 4.73. The molecule has 0 bridgehead atoms. The molecule has 24 heavy (non-hydrogen) atoms. The van der Waals surface area contributed by atoms with E-state index in [0.717, 1.165) is 16.9 Å². The van der Waals surface area contributed by atoms with Crippen LogP contribution in [0, 0.1) is 5.92 Å². The zero-order valence-corrected chi connectivity index (χ0v) is 15.0. The van der Waals surface area contributed by atoms with E-state index in [1.165, 1.54) is 0 Å². The minimum atomic E-state index is -0.332. The van der Waals surface area contributed by atoms with Crippen molar-refractivity contribution in [3.05, 3.63) is 65.7 Å². The van der Waals surface area contributed by atoms with E-state index in [1.807, 2.05) is 68.4 Å². The van der Waals surface area contributed by atoms with Gasteiger partial charge in [0.15, 0.2) is 0 Å². The SMILES string of the molecule is COc1ccccc1C(C)NC(=O)C(C)C(N)c1ccccc1.Cl. The molecule has 0 heterocycles. The Morgan fingerprint density at radius 3 is 2.25 bits per heavy atom. The van der Waals surface area contributed by atoms with Crippen molar-refractivity contribution < 1.29 is 9.53 Å². The van der Waals surface area contributed by atoms with Gasteiger partial charge in [-0.15, -0.1) is 12.4 Å². The molecule has 0 aliphatic rings. The molecule has 4 nitrogen and oxygen atoms in total. The van der Waals surface area contributed by atoms with E-state index in [2.05, 4.69) is 5.32 Å². The molecule has 130 valence electrons. The first-order chi connectivity index (χ1) is 11.0. The van der Waals surface area contributed by atoms with Gasteiger partial charge in [-0.05, 0) is 18.6 Å². The molecule has 0 aliphatic heterocycles. The number of carbonyl (C=O) groups is 1. The molecule has 0 saturated carbocycles. The molecule has 5 heteroatoms. The monoisotopic (exact) mass is 348 g/mol. The third-order valence-electron chi connectivity index (χ3n) is 4.10. The minimum Gasteiger partial charge on any atom is -0.496 e. The number of ether oxygens (including phenoxy) is 1. The van der Waals surface area contributed by atoms with Gasteiger partial charge in [0, 0.05) is 11.6 Å². The second-order valence-electron chi connectivity index (χ2n) is 5.70. The summed E-state index contributed by atoms with van der Waals surface area (Å²) < 4.78 is 5.35. The highest BCUT2D eigenvalue weighted by Crippen LogP contribution is 2.25. The average molecular weight is 349 g/mol. The Morgan fingerprint density at radius 2 is 1.62 bits per heavy atom. The number of para-hydroxylation sites is 1. The highest BCUT2D eigenvalue weighted by atomic mass is 35.5. The van der Waals surface area contributed by atoms with Crippen LogP contribution in [0.3, 0.4) is 0 Å². The Bertz CT molecular complexity index is 649. The normalized spacial score (nSPS) is 14.0. The first-order valence-electron chi connectivity index (χ1n) is 7.78. The summed E-state index contributed by atoms with van der Waals surface area (Å²) in [5, 5.41) is 3.02. The molecule has 0 spiro atoms. The van der Waals surface area contributed by atoms with Gasteiger partial charge in [0.05, 0.1) is 19.1 Å². The summed E-state index contributed by atoms with van der Waals surface area (Å²) in [5.41, 5.74) is 8.13. The molecule has 0 aliphatic carbocycles. The van der Waals surface area contributed by atoms with Crippen LogP contribution < -0.4 is 15.8 Å². The quantitative estimate of drug-likeness (QED) is 0.837. The molecular weight excluding hydrogens is 324 g/mol. The van der Waals surface area contributed by atoms with Crippen LogP contribution >= 0.6 is 12.4 Å². The van der Waals surface area contributed by atoms with Crippen LogP contribution in [-0.4, -0.2) is 13.0 Å². The Kier molecular flexibility index (Phi) is 7.75. The molecule has 2 rings (SSSR count). The number of methoxy groups -OCH3 is 1. The summed E-state index contributed by atoms with van der Waals surface area (Å²) in [6.07, 6.45) is 0. The number of benzene rings is 2. The van der Waals surface area contributed by atoms with Crippen LogP contribution in [-0.2, 0) is 4.79 Å². The van der Waals surface area contributed by atoms with Gasteiger partial charge >= 0.3 is 0 Å². The molecule has 0 aromatic heterocycles. The van der Waals surface area contributed by atoms with Crippen molar-refractivity contribution in [1.29, 1.82) is 0 Å².